The van der Waals surface area contributed by atoms with Crippen LogP contribution in [0.15, 0.2) is 18.2 Å². The van der Waals surface area contributed by atoms with E-state index in [1.54, 1.807) is 7.11 Å². The number of nitrogens with zero attached hydrogens (tertiary/aromatic N) is 1. The highest BCUT2D eigenvalue weighted by molar-refractivity contribution is 6.32. The van der Waals surface area contributed by atoms with Crippen LogP contribution in [0.3, 0.4) is 0 Å². The molecule has 0 radical (unpaired) electrons. The van der Waals surface area contributed by atoms with Gasteiger partial charge in [0.1, 0.15) is 5.75 Å². The molecule has 5 heteroatoms. The van der Waals surface area contributed by atoms with Gasteiger partial charge in [0.15, 0.2) is 0 Å². The number of hydrogen-bond acceptors (Lipinski definition) is 3. The number of carbonyl (C=O) groups is 1. The summed E-state index contributed by atoms with van der Waals surface area (Å²) in [5, 5.41) is 9.66. The number of rotatable bonds is 5. The Bertz CT molecular complexity index is 478. The van der Waals surface area contributed by atoms with Gasteiger partial charge >= 0.3 is 0 Å². The van der Waals surface area contributed by atoms with Gasteiger partial charge in [-0.3, -0.25) is 4.79 Å². The zero-order valence-electron chi connectivity index (χ0n) is 11.6. The fourth-order valence-corrected chi connectivity index (χ4v) is 2.76. The first-order valence-electron chi connectivity index (χ1n) is 6.85. The van der Waals surface area contributed by atoms with Gasteiger partial charge in [0.2, 0.25) is 5.91 Å². The Balaban J connectivity index is 1.86. The van der Waals surface area contributed by atoms with Crippen LogP contribution >= 0.6 is 11.6 Å². The lowest BCUT2D eigenvalue weighted by Crippen LogP contribution is -2.29. The van der Waals surface area contributed by atoms with Crippen molar-refractivity contribution in [2.45, 2.75) is 19.3 Å². The number of aryl methyl sites for hydroxylation is 1. The Morgan fingerprint density at radius 1 is 1.55 bits per heavy atom. The number of benzene rings is 1. The summed E-state index contributed by atoms with van der Waals surface area (Å²) in [7, 11) is 1.58. The van der Waals surface area contributed by atoms with Crippen LogP contribution in [0.25, 0.3) is 0 Å². The minimum atomic E-state index is 0.146. The van der Waals surface area contributed by atoms with E-state index in [2.05, 4.69) is 0 Å². The molecule has 110 valence electrons. The third kappa shape index (κ3) is 3.64. The summed E-state index contributed by atoms with van der Waals surface area (Å²) < 4.78 is 5.10. The lowest BCUT2D eigenvalue weighted by Gasteiger charge is -2.16. The Kier molecular flexibility index (Phi) is 5.26. The number of carbonyl (C=O) groups excluding carboxylic acids is 1. The van der Waals surface area contributed by atoms with Crippen molar-refractivity contribution < 1.29 is 14.6 Å². The Morgan fingerprint density at radius 3 is 2.95 bits per heavy atom. The van der Waals surface area contributed by atoms with E-state index in [0.717, 1.165) is 18.5 Å². The predicted octanol–water partition coefficient (Wildman–Crippen LogP) is 2.12. The maximum atomic E-state index is 12.1. The van der Waals surface area contributed by atoms with Crippen molar-refractivity contribution in [3.63, 3.8) is 0 Å². The summed E-state index contributed by atoms with van der Waals surface area (Å²) >= 11 is 6.06. The molecule has 1 aliphatic heterocycles. The molecule has 1 atom stereocenters. The second-order valence-corrected chi connectivity index (χ2v) is 5.55. The molecule has 1 aliphatic rings. The molecule has 1 aromatic rings. The monoisotopic (exact) mass is 297 g/mol. The summed E-state index contributed by atoms with van der Waals surface area (Å²) in [6.45, 7) is 1.60. The van der Waals surface area contributed by atoms with Gasteiger partial charge in [-0.05, 0) is 30.5 Å². The molecule has 0 aromatic heterocycles. The van der Waals surface area contributed by atoms with Gasteiger partial charge < -0.3 is 14.7 Å². The first kappa shape index (κ1) is 15.1. The highest BCUT2D eigenvalue weighted by Crippen LogP contribution is 2.25. The number of hydrogen-bond donors (Lipinski definition) is 1. The molecular weight excluding hydrogens is 278 g/mol. The van der Waals surface area contributed by atoms with Crippen LogP contribution < -0.4 is 4.74 Å². The van der Waals surface area contributed by atoms with Crippen molar-refractivity contribution in [3.05, 3.63) is 28.8 Å². The quantitative estimate of drug-likeness (QED) is 0.906. The van der Waals surface area contributed by atoms with E-state index in [0.29, 0.717) is 30.2 Å². The number of ether oxygens (including phenoxy) is 1. The fraction of sp³-hybridized carbons (Fsp3) is 0.533. The van der Waals surface area contributed by atoms with E-state index in [1.165, 1.54) is 0 Å². The summed E-state index contributed by atoms with van der Waals surface area (Å²) in [5.74, 6) is 1.04. The van der Waals surface area contributed by atoms with E-state index in [-0.39, 0.29) is 18.4 Å². The van der Waals surface area contributed by atoms with Crippen LogP contribution in [0.1, 0.15) is 18.4 Å². The number of methoxy groups -OCH3 is 1. The van der Waals surface area contributed by atoms with Crippen molar-refractivity contribution >= 4 is 17.5 Å². The Hall–Kier alpha value is -1.26. The smallest absolute Gasteiger partial charge is 0.222 e. The van der Waals surface area contributed by atoms with E-state index in [4.69, 9.17) is 21.4 Å². The van der Waals surface area contributed by atoms with Crippen molar-refractivity contribution in [1.29, 1.82) is 0 Å². The zero-order chi connectivity index (χ0) is 14.5. The molecule has 0 aliphatic carbocycles. The largest absolute Gasteiger partial charge is 0.495 e. The number of halogens is 1. The van der Waals surface area contributed by atoms with Crippen LogP contribution in [0, 0.1) is 5.92 Å². The molecule has 4 nitrogen and oxygen atoms in total. The molecule has 1 heterocycles. The molecule has 1 saturated heterocycles. The van der Waals surface area contributed by atoms with E-state index < -0.39 is 0 Å². The van der Waals surface area contributed by atoms with Crippen LogP contribution in [0.5, 0.6) is 5.75 Å². The molecule has 0 bridgehead atoms. The molecule has 2 rings (SSSR count). The van der Waals surface area contributed by atoms with Crippen molar-refractivity contribution in [3.8, 4) is 5.75 Å². The average molecular weight is 298 g/mol. The van der Waals surface area contributed by atoms with Gasteiger partial charge in [-0.1, -0.05) is 17.7 Å². The molecule has 1 aromatic carbocycles. The number of aliphatic hydroxyl groups is 1. The average Bonchev–Trinajstić information content (AvgIpc) is 2.94. The Labute approximate surface area is 124 Å². The number of amides is 1. The maximum absolute atomic E-state index is 12.1. The second kappa shape index (κ2) is 6.95. The van der Waals surface area contributed by atoms with Gasteiger partial charge in [-0.2, -0.15) is 0 Å². The summed E-state index contributed by atoms with van der Waals surface area (Å²) in [4.78, 5) is 13.9. The third-order valence-corrected chi connectivity index (χ3v) is 4.04. The highest BCUT2D eigenvalue weighted by atomic mass is 35.5. The van der Waals surface area contributed by atoms with E-state index in [9.17, 15) is 4.79 Å². The molecule has 20 heavy (non-hydrogen) atoms. The topological polar surface area (TPSA) is 49.8 Å². The van der Waals surface area contributed by atoms with Gasteiger partial charge in [-0.15, -0.1) is 0 Å². The summed E-state index contributed by atoms with van der Waals surface area (Å²) in [6, 6.07) is 5.59. The Morgan fingerprint density at radius 2 is 2.35 bits per heavy atom. The second-order valence-electron chi connectivity index (χ2n) is 5.15. The van der Waals surface area contributed by atoms with Crippen molar-refractivity contribution in [2.75, 3.05) is 26.8 Å². The molecule has 0 spiro atoms. The lowest BCUT2D eigenvalue weighted by molar-refractivity contribution is -0.130. The lowest BCUT2D eigenvalue weighted by atomic mass is 10.1. The molecule has 1 amide bonds. The molecule has 1 N–H and O–H groups in total. The number of aliphatic hydroxyl groups excluding tert-OH is 1. The first-order valence-corrected chi connectivity index (χ1v) is 7.23. The van der Waals surface area contributed by atoms with Crippen LogP contribution in [-0.4, -0.2) is 42.7 Å². The molecule has 1 fully saturated rings. The minimum absolute atomic E-state index is 0.146. The summed E-state index contributed by atoms with van der Waals surface area (Å²) in [5.41, 5.74) is 1.03. The minimum Gasteiger partial charge on any atom is -0.495 e. The van der Waals surface area contributed by atoms with Gasteiger partial charge in [0.05, 0.1) is 12.1 Å². The standard InChI is InChI=1S/C15H20ClNO3/c1-20-14-4-2-11(8-13(14)16)3-5-15(19)17-7-6-12(9-17)10-18/h2,4,8,12,18H,3,5-7,9-10H2,1H3. The van der Waals surface area contributed by atoms with Crippen molar-refractivity contribution in [1.82, 2.24) is 4.90 Å². The predicted molar refractivity (Wildman–Crippen MR) is 78.1 cm³/mol. The zero-order valence-corrected chi connectivity index (χ0v) is 12.4. The van der Waals surface area contributed by atoms with Crippen LogP contribution in [0.2, 0.25) is 5.02 Å². The molecular formula is C15H20ClNO3. The SMILES string of the molecule is COc1ccc(CCC(=O)N2CCC(CO)C2)cc1Cl. The van der Waals surface area contributed by atoms with E-state index in [1.807, 2.05) is 23.1 Å². The number of likely N-dealkylation sites (tertiary alicyclic amines) is 1. The van der Waals surface area contributed by atoms with Crippen LogP contribution in [0.4, 0.5) is 0 Å². The highest BCUT2D eigenvalue weighted by Gasteiger charge is 2.25. The van der Waals surface area contributed by atoms with Gasteiger partial charge in [0, 0.05) is 32.0 Å². The molecule has 0 saturated carbocycles. The van der Waals surface area contributed by atoms with Crippen molar-refractivity contribution in [2.24, 2.45) is 5.92 Å². The van der Waals surface area contributed by atoms with Gasteiger partial charge in [-0.25, -0.2) is 0 Å². The fourth-order valence-electron chi connectivity index (χ4n) is 2.48. The van der Waals surface area contributed by atoms with Gasteiger partial charge in [0.25, 0.3) is 0 Å². The van der Waals surface area contributed by atoms with Crippen LogP contribution in [-0.2, 0) is 11.2 Å². The maximum Gasteiger partial charge on any atom is 0.222 e. The normalized spacial score (nSPS) is 18.4. The first-order chi connectivity index (χ1) is 9.63. The third-order valence-electron chi connectivity index (χ3n) is 3.74. The summed E-state index contributed by atoms with van der Waals surface area (Å²) in [6.07, 6.45) is 2.04. The molecule has 1 unspecified atom stereocenters. The van der Waals surface area contributed by atoms with E-state index >= 15 is 0 Å².